The topological polar surface area (TPSA) is 78.8 Å². The van der Waals surface area contributed by atoms with E-state index in [1.54, 1.807) is 7.11 Å². The first-order chi connectivity index (χ1) is 9.13. The second kappa shape index (κ2) is 5.86. The highest BCUT2D eigenvalue weighted by Crippen LogP contribution is 2.23. The van der Waals surface area contributed by atoms with Crippen LogP contribution in [-0.4, -0.2) is 26.6 Å². The van der Waals surface area contributed by atoms with E-state index < -0.39 is 0 Å². The van der Waals surface area contributed by atoms with Crippen molar-refractivity contribution in [3.8, 4) is 5.88 Å². The zero-order chi connectivity index (χ0) is 13.8. The average molecular weight is 263 g/mol. The highest BCUT2D eigenvalue weighted by atomic mass is 16.5. The SMILES string of the molecule is COc1ncnc2c1nc(N)n2CCCCC(C)C. The fourth-order valence-electron chi connectivity index (χ4n) is 2.13. The molecule has 0 spiro atoms. The summed E-state index contributed by atoms with van der Waals surface area (Å²) < 4.78 is 7.10. The molecular formula is C13H21N5O. The number of methoxy groups -OCH3 is 1. The minimum atomic E-state index is 0.470. The summed E-state index contributed by atoms with van der Waals surface area (Å²) in [6, 6.07) is 0. The van der Waals surface area contributed by atoms with Crippen molar-refractivity contribution in [2.45, 2.75) is 39.7 Å². The number of nitrogen functional groups attached to an aromatic ring is 1. The van der Waals surface area contributed by atoms with Gasteiger partial charge in [-0.25, -0.2) is 9.97 Å². The molecule has 6 heteroatoms. The number of rotatable bonds is 6. The van der Waals surface area contributed by atoms with Gasteiger partial charge >= 0.3 is 0 Å². The van der Waals surface area contributed by atoms with Crippen LogP contribution in [0.25, 0.3) is 11.2 Å². The van der Waals surface area contributed by atoms with Gasteiger partial charge in [0.1, 0.15) is 6.33 Å². The molecule has 2 rings (SSSR count). The molecule has 104 valence electrons. The maximum absolute atomic E-state index is 5.95. The van der Waals surface area contributed by atoms with Crippen molar-refractivity contribution in [1.29, 1.82) is 0 Å². The molecule has 0 aliphatic carbocycles. The van der Waals surface area contributed by atoms with Crippen LogP contribution in [0.15, 0.2) is 6.33 Å². The third kappa shape index (κ3) is 2.94. The molecule has 2 aromatic heterocycles. The van der Waals surface area contributed by atoms with Crippen LogP contribution in [0.4, 0.5) is 5.95 Å². The predicted octanol–water partition coefficient (Wildman–Crippen LogP) is 2.24. The van der Waals surface area contributed by atoms with Gasteiger partial charge in [-0.05, 0) is 12.3 Å². The molecule has 0 amide bonds. The Morgan fingerprint density at radius 1 is 1.32 bits per heavy atom. The third-order valence-electron chi connectivity index (χ3n) is 3.13. The van der Waals surface area contributed by atoms with Gasteiger partial charge in [-0.2, -0.15) is 4.98 Å². The van der Waals surface area contributed by atoms with E-state index in [0.717, 1.165) is 24.5 Å². The predicted molar refractivity (Wildman–Crippen MR) is 75.0 cm³/mol. The van der Waals surface area contributed by atoms with Crippen molar-refractivity contribution in [2.75, 3.05) is 12.8 Å². The van der Waals surface area contributed by atoms with E-state index in [4.69, 9.17) is 10.5 Å². The van der Waals surface area contributed by atoms with E-state index in [1.807, 2.05) is 4.57 Å². The fraction of sp³-hybridized carbons (Fsp3) is 0.615. The van der Waals surface area contributed by atoms with Crippen LogP contribution in [0, 0.1) is 5.92 Å². The first-order valence-electron chi connectivity index (χ1n) is 6.64. The first-order valence-corrected chi connectivity index (χ1v) is 6.64. The normalized spacial score (nSPS) is 11.4. The van der Waals surface area contributed by atoms with Crippen LogP contribution < -0.4 is 10.5 Å². The summed E-state index contributed by atoms with van der Waals surface area (Å²) >= 11 is 0. The summed E-state index contributed by atoms with van der Waals surface area (Å²) in [6.45, 7) is 5.30. The van der Waals surface area contributed by atoms with E-state index in [0.29, 0.717) is 17.3 Å². The Labute approximate surface area is 113 Å². The van der Waals surface area contributed by atoms with Crippen molar-refractivity contribution < 1.29 is 4.74 Å². The molecule has 2 N–H and O–H groups in total. The first kappa shape index (κ1) is 13.6. The van der Waals surface area contributed by atoms with Crippen LogP contribution in [0.2, 0.25) is 0 Å². The second-order valence-electron chi connectivity index (χ2n) is 5.07. The van der Waals surface area contributed by atoms with Gasteiger partial charge in [0.25, 0.3) is 0 Å². The van der Waals surface area contributed by atoms with Gasteiger partial charge in [0.15, 0.2) is 11.2 Å². The number of nitrogens with zero attached hydrogens (tertiary/aromatic N) is 4. The van der Waals surface area contributed by atoms with Gasteiger partial charge < -0.3 is 10.5 Å². The monoisotopic (exact) mass is 263 g/mol. The van der Waals surface area contributed by atoms with Crippen molar-refractivity contribution >= 4 is 17.1 Å². The van der Waals surface area contributed by atoms with Crippen molar-refractivity contribution in [1.82, 2.24) is 19.5 Å². The van der Waals surface area contributed by atoms with Gasteiger partial charge in [0.2, 0.25) is 11.8 Å². The lowest BCUT2D eigenvalue weighted by Gasteiger charge is -2.07. The van der Waals surface area contributed by atoms with E-state index in [9.17, 15) is 0 Å². The Kier molecular flexibility index (Phi) is 4.19. The van der Waals surface area contributed by atoms with Crippen molar-refractivity contribution in [2.24, 2.45) is 5.92 Å². The number of imidazole rings is 1. The van der Waals surface area contributed by atoms with Crippen LogP contribution in [-0.2, 0) is 6.54 Å². The minimum absolute atomic E-state index is 0.470. The Bertz CT molecular complexity index is 549. The Balaban J connectivity index is 2.16. The largest absolute Gasteiger partial charge is 0.479 e. The molecular weight excluding hydrogens is 242 g/mol. The Hall–Kier alpha value is -1.85. The molecule has 0 bridgehead atoms. The number of fused-ring (bicyclic) bond motifs is 1. The van der Waals surface area contributed by atoms with Crippen LogP contribution in [0.3, 0.4) is 0 Å². The van der Waals surface area contributed by atoms with Crippen LogP contribution >= 0.6 is 0 Å². The van der Waals surface area contributed by atoms with Crippen molar-refractivity contribution in [3.05, 3.63) is 6.33 Å². The average Bonchev–Trinajstić information content (AvgIpc) is 2.70. The zero-order valence-electron chi connectivity index (χ0n) is 11.8. The molecule has 6 nitrogen and oxygen atoms in total. The number of unbranched alkanes of at least 4 members (excludes halogenated alkanes) is 1. The Morgan fingerprint density at radius 3 is 2.79 bits per heavy atom. The summed E-state index contributed by atoms with van der Waals surface area (Å²) in [5, 5.41) is 0. The van der Waals surface area contributed by atoms with Gasteiger partial charge in [-0.1, -0.05) is 26.7 Å². The number of ether oxygens (including phenoxy) is 1. The summed E-state index contributed by atoms with van der Waals surface area (Å²) in [6.07, 6.45) is 4.96. The minimum Gasteiger partial charge on any atom is -0.479 e. The Morgan fingerprint density at radius 2 is 2.11 bits per heavy atom. The zero-order valence-corrected chi connectivity index (χ0v) is 11.8. The van der Waals surface area contributed by atoms with Crippen molar-refractivity contribution in [3.63, 3.8) is 0 Å². The number of hydrogen-bond donors (Lipinski definition) is 1. The van der Waals surface area contributed by atoms with Crippen LogP contribution in [0.1, 0.15) is 33.1 Å². The maximum Gasteiger partial charge on any atom is 0.245 e. The molecule has 0 saturated carbocycles. The smallest absolute Gasteiger partial charge is 0.245 e. The highest BCUT2D eigenvalue weighted by Gasteiger charge is 2.14. The molecule has 0 aromatic carbocycles. The molecule has 19 heavy (non-hydrogen) atoms. The highest BCUT2D eigenvalue weighted by molar-refractivity contribution is 5.78. The van der Waals surface area contributed by atoms with Gasteiger partial charge in [-0.3, -0.25) is 4.57 Å². The molecule has 0 aliphatic rings. The van der Waals surface area contributed by atoms with Gasteiger partial charge in [0.05, 0.1) is 7.11 Å². The molecule has 0 saturated heterocycles. The number of aromatic nitrogens is 4. The van der Waals surface area contributed by atoms with E-state index in [-0.39, 0.29) is 0 Å². The molecule has 0 unspecified atom stereocenters. The number of nitrogens with two attached hydrogens (primary N) is 1. The maximum atomic E-state index is 5.95. The van der Waals surface area contributed by atoms with E-state index >= 15 is 0 Å². The lowest BCUT2D eigenvalue weighted by atomic mass is 10.1. The van der Waals surface area contributed by atoms with E-state index in [1.165, 1.54) is 19.2 Å². The molecule has 0 fully saturated rings. The summed E-state index contributed by atoms with van der Waals surface area (Å²) in [5.74, 6) is 1.68. The van der Waals surface area contributed by atoms with Crippen LogP contribution in [0.5, 0.6) is 5.88 Å². The lowest BCUT2D eigenvalue weighted by Crippen LogP contribution is -2.04. The molecule has 0 aliphatic heterocycles. The summed E-state index contributed by atoms with van der Waals surface area (Å²) in [5.41, 5.74) is 7.32. The molecule has 0 atom stereocenters. The van der Waals surface area contributed by atoms with Gasteiger partial charge in [-0.15, -0.1) is 0 Å². The second-order valence-corrected chi connectivity index (χ2v) is 5.07. The summed E-state index contributed by atoms with van der Waals surface area (Å²) in [7, 11) is 1.57. The molecule has 2 aromatic rings. The number of anilines is 1. The summed E-state index contributed by atoms with van der Waals surface area (Å²) in [4.78, 5) is 12.6. The van der Waals surface area contributed by atoms with Gasteiger partial charge in [0, 0.05) is 6.54 Å². The molecule has 0 radical (unpaired) electrons. The standard InChI is InChI=1S/C13H21N5O/c1-9(2)6-4-5-7-18-11-10(17-13(18)14)12(19-3)16-8-15-11/h8-9H,4-7H2,1-3H3,(H2,14,17). The van der Waals surface area contributed by atoms with E-state index in [2.05, 4.69) is 28.8 Å². The fourth-order valence-corrected chi connectivity index (χ4v) is 2.13. The third-order valence-corrected chi connectivity index (χ3v) is 3.13. The lowest BCUT2D eigenvalue weighted by molar-refractivity contribution is 0.401. The number of aryl methyl sites for hydroxylation is 1. The number of hydrogen-bond acceptors (Lipinski definition) is 5. The molecule has 2 heterocycles. The quantitative estimate of drug-likeness (QED) is 0.808.